The monoisotopic (exact) mass is 380 g/mol. The van der Waals surface area contributed by atoms with Crippen molar-refractivity contribution in [1.82, 2.24) is 0 Å². The molecule has 4 saturated carbocycles. The van der Waals surface area contributed by atoms with Gasteiger partial charge in [-0.2, -0.15) is 0 Å². The lowest BCUT2D eigenvalue weighted by Crippen LogP contribution is -2.52. The molecule has 4 fully saturated rings. The lowest BCUT2D eigenvalue weighted by Gasteiger charge is -2.59. The van der Waals surface area contributed by atoms with Crippen LogP contribution in [-0.4, -0.2) is 5.78 Å². The zero-order valence-electron chi connectivity index (χ0n) is 17.3. The third-order valence-electron chi connectivity index (χ3n) is 9.46. The van der Waals surface area contributed by atoms with E-state index in [9.17, 15) is 9.18 Å². The first kappa shape index (κ1) is 18.6. The summed E-state index contributed by atoms with van der Waals surface area (Å²) in [6.07, 6.45) is 13.2. The average molecular weight is 381 g/mol. The molecular formula is C26H33FO. The van der Waals surface area contributed by atoms with Crippen molar-refractivity contribution in [2.24, 2.45) is 34.5 Å². The van der Waals surface area contributed by atoms with Crippen molar-refractivity contribution in [3.8, 4) is 0 Å². The fourth-order valence-electron chi connectivity index (χ4n) is 7.87. The molecular weight excluding hydrogens is 347 g/mol. The lowest BCUT2D eigenvalue weighted by atomic mass is 9.45. The van der Waals surface area contributed by atoms with Gasteiger partial charge in [0.25, 0.3) is 0 Å². The van der Waals surface area contributed by atoms with Crippen LogP contribution in [-0.2, 0) is 4.79 Å². The second kappa shape index (κ2) is 6.54. The smallest absolute Gasteiger partial charge is 0.165 e. The molecule has 0 bridgehead atoms. The van der Waals surface area contributed by atoms with Crippen molar-refractivity contribution in [1.29, 1.82) is 0 Å². The van der Waals surface area contributed by atoms with E-state index in [1.54, 1.807) is 12.1 Å². The first-order valence-electron chi connectivity index (χ1n) is 11.4. The third-order valence-corrected chi connectivity index (χ3v) is 9.46. The largest absolute Gasteiger partial charge is 0.294 e. The molecule has 0 aromatic heterocycles. The van der Waals surface area contributed by atoms with Crippen LogP contribution in [0.3, 0.4) is 0 Å². The molecule has 5 rings (SSSR count). The normalized spacial score (nSPS) is 44.1. The number of ketones is 1. The van der Waals surface area contributed by atoms with Gasteiger partial charge in [0.1, 0.15) is 5.82 Å². The minimum Gasteiger partial charge on any atom is -0.294 e. The molecule has 0 spiro atoms. The van der Waals surface area contributed by atoms with Crippen molar-refractivity contribution in [2.75, 3.05) is 0 Å². The number of Topliss-reactive ketones (excluding diaryl/α,β-unsaturated/α-hetero) is 1. The van der Waals surface area contributed by atoms with Crippen LogP contribution in [0.4, 0.5) is 4.39 Å². The van der Waals surface area contributed by atoms with Crippen LogP contribution in [0.15, 0.2) is 29.8 Å². The highest BCUT2D eigenvalue weighted by Crippen LogP contribution is 2.66. The highest BCUT2D eigenvalue weighted by Gasteiger charge is 2.60. The van der Waals surface area contributed by atoms with E-state index >= 15 is 0 Å². The molecule has 1 nitrogen and oxygen atoms in total. The van der Waals surface area contributed by atoms with Gasteiger partial charge in [-0.25, -0.2) is 4.39 Å². The summed E-state index contributed by atoms with van der Waals surface area (Å²) in [5.41, 5.74) is 1.70. The van der Waals surface area contributed by atoms with Gasteiger partial charge in [-0.05, 0) is 91.7 Å². The third kappa shape index (κ3) is 2.59. The molecule has 0 unspecified atom stereocenters. The van der Waals surface area contributed by atoms with Crippen LogP contribution < -0.4 is 0 Å². The number of fused-ring (bicyclic) bond motifs is 5. The molecule has 0 radical (unpaired) electrons. The van der Waals surface area contributed by atoms with Crippen LogP contribution in [0, 0.1) is 40.3 Å². The topological polar surface area (TPSA) is 17.1 Å². The lowest BCUT2D eigenvalue weighted by molar-refractivity contribution is -0.137. The van der Waals surface area contributed by atoms with Crippen molar-refractivity contribution < 1.29 is 9.18 Å². The molecule has 0 amide bonds. The molecule has 1 aromatic rings. The van der Waals surface area contributed by atoms with Crippen molar-refractivity contribution in [2.45, 2.75) is 71.6 Å². The summed E-state index contributed by atoms with van der Waals surface area (Å²) in [7, 11) is 0. The van der Waals surface area contributed by atoms with E-state index in [4.69, 9.17) is 0 Å². The fourth-order valence-corrected chi connectivity index (χ4v) is 7.87. The van der Waals surface area contributed by atoms with Gasteiger partial charge in [0.2, 0.25) is 0 Å². The fraction of sp³-hybridized carbons (Fsp3) is 0.654. The highest BCUT2D eigenvalue weighted by molar-refractivity contribution is 6.05. The Labute approximate surface area is 168 Å². The van der Waals surface area contributed by atoms with Gasteiger partial charge in [0.15, 0.2) is 5.78 Å². The standard InChI is InChI=1S/C26H33FO/c1-25-13-6-5-8-19(25)10-11-20-21(25)12-14-26(2)22(20)16-18(24(26)28)15-17-7-3-4-9-23(17)27/h3-4,7,9,15,19-22H,5-6,8,10-14,16H2,1-2H3/b18-15+/t19-,20+,21-,22-,25+,26+/m1/s1. The SMILES string of the molecule is C[C@]12CCCC[C@@H]1CC[C@H]1[C@H]2CC[C@]2(C)C(=O)/C(=C/c3ccccc3F)C[C@H]12. The van der Waals surface area contributed by atoms with Crippen LogP contribution in [0.1, 0.15) is 77.2 Å². The summed E-state index contributed by atoms with van der Waals surface area (Å²) in [6, 6.07) is 6.84. The molecule has 28 heavy (non-hydrogen) atoms. The van der Waals surface area contributed by atoms with Crippen LogP contribution in [0.2, 0.25) is 0 Å². The maximum atomic E-state index is 14.2. The minimum absolute atomic E-state index is 0.226. The Balaban J connectivity index is 1.48. The molecule has 6 atom stereocenters. The van der Waals surface area contributed by atoms with E-state index in [2.05, 4.69) is 13.8 Å². The van der Waals surface area contributed by atoms with Gasteiger partial charge < -0.3 is 0 Å². The Kier molecular flexibility index (Phi) is 4.34. The summed E-state index contributed by atoms with van der Waals surface area (Å²) >= 11 is 0. The average Bonchev–Trinajstić information content (AvgIpc) is 2.94. The molecule has 150 valence electrons. The van der Waals surface area contributed by atoms with Gasteiger partial charge in [0.05, 0.1) is 0 Å². The molecule has 1 aromatic carbocycles. The predicted molar refractivity (Wildman–Crippen MR) is 111 cm³/mol. The number of carbonyl (C=O) groups is 1. The summed E-state index contributed by atoms with van der Waals surface area (Å²) in [6.45, 7) is 4.79. The quantitative estimate of drug-likeness (QED) is 0.488. The molecule has 0 saturated heterocycles. The van der Waals surface area contributed by atoms with Gasteiger partial charge >= 0.3 is 0 Å². The Hall–Kier alpha value is -1.44. The number of halogens is 1. The van der Waals surface area contributed by atoms with E-state index in [1.807, 2.05) is 12.1 Å². The van der Waals surface area contributed by atoms with Gasteiger partial charge in [-0.3, -0.25) is 4.79 Å². The van der Waals surface area contributed by atoms with E-state index in [0.717, 1.165) is 30.3 Å². The number of hydrogen-bond acceptors (Lipinski definition) is 1. The Morgan fingerprint density at radius 2 is 1.82 bits per heavy atom. The van der Waals surface area contributed by atoms with Crippen LogP contribution in [0.5, 0.6) is 0 Å². The Morgan fingerprint density at radius 1 is 1.00 bits per heavy atom. The summed E-state index contributed by atoms with van der Waals surface area (Å²) in [4.78, 5) is 13.4. The summed E-state index contributed by atoms with van der Waals surface area (Å²) in [5, 5.41) is 0. The first-order chi connectivity index (χ1) is 13.4. The van der Waals surface area contributed by atoms with E-state index in [1.165, 1.54) is 51.0 Å². The predicted octanol–water partition coefficient (Wildman–Crippen LogP) is 6.82. The Bertz CT molecular complexity index is 825. The molecule has 4 aliphatic rings. The highest BCUT2D eigenvalue weighted by atomic mass is 19.1. The zero-order valence-corrected chi connectivity index (χ0v) is 17.3. The number of hydrogen-bond donors (Lipinski definition) is 0. The van der Waals surface area contributed by atoms with E-state index in [0.29, 0.717) is 28.6 Å². The van der Waals surface area contributed by atoms with Crippen LogP contribution >= 0.6 is 0 Å². The maximum Gasteiger partial charge on any atom is 0.165 e. The minimum atomic E-state index is -0.226. The molecule has 4 aliphatic carbocycles. The first-order valence-corrected chi connectivity index (χ1v) is 11.4. The Morgan fingerprint density at radius 3 is 2.64 bits per heavy atom. The second-order valence-corrected chi connectivity index (χ2v) is 10.6. The van der Waals surface area contributed by atoms with Crippen molar-refractivity contribution in [3.05, 3.63) is 41.2 Å². The summed E-state index contributed by atoms with van der Waals surface area (Å²) in [5.74, 6) is 2.89. The number of rotatable bonds is 1. The van der Waals surface area contributed by atoms with E-state index in [-0.39, 0.29) is 11.2 Å². The number of allylic oxidation sites excluding steroid dienone is 1. The van der Waals surface area contributed by atoms with Crippen molar-refractivity contribution >= 4 is 11.9 Å². The van der Waals surface area contributed by atoms with E-state index < -0.39 is 0 Å². The molecule has 0 heterocycles. The second-order valence-electron chi connectivity index (χ2n) is 10.6. The van der Waals surface area contributed by atoms with Gasteiger partial charge in [-0.15, -0.1) is 0 Å². The summed E-state index contributed by atoms with van der Waals surface area (Å²) < 4.78 is 14.2. The zero-order chi connectivity index (χ0) is 19.5. The maximum absolute atomic E-state index is 14.2. The molecule has 0 aliphatic heterocycles. The van der Waals surface area contributed by atoms with Gasteiger partial charge in [0, 0.05) is 11.0 Å². The van der Waals surface area contributed by atoms with Gasteiger partial charge in [-0.1, -0.05) is 44.9 Å². The molecule has 2 heteroatoms. The van der Waals surface area contributed by atoms with Crippen molar-refractivity contribution in [3.63, 3.8) is 0 Å². The number of carbonyl (C=O) groups excluding carboxylic acids is 1. The number of benzene rings is 1. The van der Waals surface area contributed by atoms with Crippen LogP contribution in [0.25, 0.3) is 6.08 Å². The molecule has 0 N–H and O–H groups in total.